The highest BCUT2D eigenvalue weighted by atomic mass is 79.9. The van der Waals surface area contributed by atoms with Gasteiger partial charge in [0.2, 0.25) is 10.0 Å². The molecule has 0 fully saturated rings. The van der Waals surface area contributed by atoms with Crippen LogP contribution < -0.4 is 4.72 Å². The first kappa shape index (κ1) is 16.9. The lowest BCUT2D eigenvalue weighted by Crippen LogP contribution is -2.27. The summed E-state index contributed by atoms with van der Waals surface area (Å²) in [5, 5.41) is 14.0. The molecule has 0 saturated carbocycles. The zero-order valence-corrected chi connectivity index (χ0v) is 15.6. The van der Waals surface area contributed by atoms with Gasteiger partial charge >= 0.3 is 0 Å². The molecule has 1 unspecified atom stereocenters. The van der Waals surface area contributed by atoms with E-state index in [1.807, 2.05) is 16.8 Å². The largest absolute Gasteiger partial charge is 0.458 e. The SMILES string of the molecule is O=S(=O)(NCC(O)c1ccc(-c2ccsc2)o1)c1ccc(Br)s1. The Morgan fingerprint density at radius 2 is 2.09 bits per heavy atom. The van der Waals surface area contributed by atoms with E-state index in [0.29, 0.717) is 11.5 Å². The van der Waals surface area contributed by atoms with E-state index in [2.05, 4.69) is 20.7 Å². The van der Waals surface area contributed by atoms with Crippen molar-refractivity contribution in [3.8, 4) is 11.3 Å². The van der Waals surface area contributed by atoms with Crippen molar-refractivity contribution in [2.75, 3.05) is 6.54 Å². The molecule has 1 atom stereocenters. The molecule has 0 aromatic carbocycles. The molecule has 3 aromatic rings. The molecule has 2 N–H and O–H groups in total. The molecular weight excluding hydrogens is 422 g/mol. The van der Waals surface area contributed by atoms with Gasteiger partial charge < -0.3 is 9.52 Å². The zero-order valence-electron chi connectivity index (χ0n) is 11.6. The summed E-state index contributed by atoms with van der Waals surface area (Å²) in [4.78, 5) is 0. The molecule has 0 aliphatic rings. The standard InChI is InChI=1S/C14H12BrNO4S3/c15-13-3-4-14(22-13)23(18,19)16-7-10(17)12-2-1-11(20-12)9-5-6-21-8-9/h1-6,8,10,16-17H,7H2. The van der Waals surface area contributed by atoms with Crippen LogP contribution in [0, 0.1) is 0 Å². The van der Waals surface area contributed by atoms with Gasteiger partial charge in [-0.15, -0.1) is 11.3 Å². The van der Waals surface area contributed by atoms with Crippen LogP contribution in [0.5, 0.6) is 0 Å². The van der Waals surface area contributed by atoms with E-state index in [1.54, 1.807) is 29.5 Å². The van der Waals surface area contributed by atoms with Crippen LogP contribution >= 0.6 is 38.6 Å². The molecule has 9 heteroatoms. The quantitative estimate of drug-likeness (QED) is 0.618. The van der Waals surface area contributed by atoms with Crippen molar-refractivity contribution in [3.63, 3.8) is 0 Å². The number of aliphatic hydroxyl groups excluding tert-OH is 1. The van der Waals surface area contributed by atoms with Gasteiger partial charge in [-0.1, -0.05) is 0 Å². The summed E-state index contributed by atoms with van der Waals surface area (Å²) < 4.78 is 33.1. The van der Waals surface area contributed by atoms with Gasteiger partial charge in [-0.2, -0.15) is 11.3 Å². The molecule has 23 heavy (non-hydrogen) atoms. The Labute approximate surface area is 149 Å². The molecule has 0 radical (unpaired) electrons. The van der Waals surface area contributed by atoms with Crippen LogP contribution in [-0.4, -0.2) is 20.1 Å². The predicted molar refractivity (Wildman–Crippen MR) is 94.2 cm³/mol. The second-order valence-electron chi connectivity index (χ2n) is 4.64. The van der Waals surface area contributed by atoms with E-state index in [1.165, 1.54) is 6.07 Å². The van der Waals surface area contributed by atoms with E-state index in [4.69, 9.17) is 4.42 Å². The lowest BCUT2D eigenvalue weighted by molar-refractivity contribution is 0.155. The Hall–Kier alpha value is -0.970. The van der Waals surface area contributed by atoms with Crippen LogP contribution in [-0.2, 0) is 10.0 Å². The molecule has 0 amide bonds. The summed E-state index contributed by atoms with van der Waals surface area (Å²) in [6, 6.07) is 8.48. The van der Waals surface area contributed by atoms with E-state index >= 15 is 0 Å². The number of rotatable bonds is 6. The van der Waals surface area contributed by atoms with Crippen LogP contribution in [0.4, 0.5) is 0 Å². The van der Waals surface area contributed by atoms with Crippen LogP contribution in [0.25, 0.3) is 11.3 Å². The normalized spacial score (nSPS) is 13.3. The van der Waals surface area contributed by atoms with Crippen molar-refractivity contribution in [2.24, 2.45) is 0 Å². The molecule has 0 spiro atoms. The molecule has 0 aliphatic heterocycles. The van der Waals surface area contributed by atoms with Crippen molar-refractivity contribution < 1.29 is 17.9 Å². The monoisotopic (exact) mass is 433 g/mol. The van der Waals surface area contributed by atoms with Crippen molar-refractivity contribution in [3.05, 3.63) is 50.6 Å². The molecule has 5 nitrogen and oxygen atoms in total. The van der Waals surface area contributed by atoms with Gasteiger partial charge in [-0.05, 0) is 51.6 Å². The molecule has 3 rings (SSSR count). The highest BCUT2D eigenvalue weighted by molar-refractivity contribution is 9.11. The van der Waals surface area contributed by atoms with Crippen molar-refractivity contribution in [1.29, 1.82) is 0 Å². The smallest absolute Gasteiger partial charge is 0.250 e. The Kier molecular flexibility index (Phi) is 5.04. The number of hydrogen-bond acceptors (Lipinski definition) is 6. The van der Waals surface area contributed by atoms with Crippen molar-refractivity contribution in [2.45, 2.75) is 10.3 Å². The minimum atomic E-state index is -3.64. The van der Waals surface area contributed by atoms with Gasteiger partial charge in [0, 0.05) is 17.5 Å². The third-order valence-electron chi connectivity index (χ3n) is 3.04. The van der Waals surface area contributed by atoms with E-state index in [9.17, 15) is 13.5 Å². The fourth-order valence-corrected chi connectivity index (χ4v) is 5.63. The zero-order chi connectivity index (χ0) is 16.4. The lowest BCUT2D eigenvalue weighted by atomic mass is 10.2. The highest BCUT2D eigenvalue weighted by Crippen LogP contribution is 2.28. The van der Waals surface area contributed by atoms with Gasteiger partial charge in [-0.3, -0.25) is 0 Å². The number of hydrogen-bond donors (Lipinski definition) is 2. The number of aliphatic hydroxyl groups is 1. The van der Waals surface area contributed by atoms with Crippen LogP contribution in [0.1, 0.15) is 11.9 Å². The number of sulfonamides is 1. The summed E-state index contributed by atoms with van der Waals surface area (Å²) in [5.41, 5.74) is 0.928. The Balaban J connectivity index is 1.67. The van der Waals surface area contributed by atoms with Gasteiger partial charge in [0.15, 0.2) is 0 Å². The lowest BCUT2D eigenvalue weighted by Gasteiger charge is -2.09. The maximum atomic E-state index is 12.1. The van der Waals surface area contributed by atoms with E-state index in [-0.39, 0.29) is 10.8 Å². The van der Waals surface area contributed by atoms with E-state index < -0.39 is 16.1 Å². The minimum Gasteiger partial charge on any atom is -0.458 e. The second-order valence-corrected chi connectivity index (χ2v) is 9.88. The molecule has 0 bridgehead atoms. The number of halogens is 1. The van der Waals surface area contributed by atoms with E-state index in [0.717, 1.165) is 20.7 Å². The maximum absolute atomic E-state index is 12.1. The Bertz CT molecular complexity index is 883. The third kappa shape index (κ3) is 3.93. The highest BCUT2D eigenvalue weighted by Gasteiger charge is 2.20. The van der Waals surface area contributed by atoms with Crippen molar-refractivity contribution in [1.82, 2.24) is 4.72 Å². The van der Waals surface area contributed by atoms with Crippen LogP contribution in [0.3, 0.4) is 0 Å². The molecule has 3 heterocycles. The molecule has 122 valence electrons. The maximum Gasteiger partial charge on any atom is 0.250 e. The summed E-state index contributed by atoms with van der Waals surface area (Å²) >= 11 is 5.88. The average molecular weight is 434 g/mol. The predicted octanol–water partition coefficient (Wildman–Crippen LogP) is 3.84. The number of thiophene rings is 2. The summed E-state index contributed by atoms with van der Waals surface area (Å²) in [6.45, 7) is -0.158. The topological polar surface area (TPSA) is 79.5 Å². The molecule has 0 saturated heterocycles. The van der Waals surface area contributed by atoms with Gasteiger partial charge in [-0.25, -0.2) is 13.1 Å². The number of furan rings is 1. The fourth-order valence-electron chi connectivity index (χ4n) is 1.89. The fraction of sp³-hybridized carbons (Fsp3) is 0.143. The summed E-state index contributed by atoms with van der Waals surface area (Å²) in [5.74, 6) is 0.964. The first-order valence-electron chi connectivity index (χ1n) is 6.51. The first-order valence-corrected chi connectivity index (χ1v) is 10.5. The molecule has 3 aromatic heterocycles. The Morgan fingerprint density at radius 3 is 2.74 bits per heavy atom. The average Bonchev–Trinajstić information content (AvgIpc) is 3.24. The molecular formula is C14H12BrNO4S3. The molecule has 0 aliphatic carbocycles. The third-order valence-corrected chi connectivity index (χ3v) is 7.26. The van der Waals surface area contributed by atoms with Gasteiger partial charge in [0.05, 0.1) is 3.79 Å². The van der Waals surface area contributed by atoms with Crippen LogP contribution in [0.2, 0.25) is 0 Å². The Morgan fingerprint density at radius 1 is 1.26 bits per heavy atom. The summed E-state index contributed by atoms with van der Waals surface area (Å²) in [7, 11) is -3.64. The number of nitrogens with one attached hydrogen (secondary N) is 1. The van der Waals surface area contributed by atoms with Crippen molar-refractivity contribution >= 4 is 48.6 Å². The summed E-state index contributed by atoms with van der Waals surface area (Å²) in [6.07, 6.45) is -1.06. The van der Waals surface area contributed by atoms with Crippen LogP contribution in [0.15, 0.2) is 53.5 Å². The minimum absolute atomic E-state index is 0.158. The first-order chi connectivity index (χ1) is 11.0. The van der Waals surface area contributed by atoms with Gasteiger partial charge in [0.25, 0.3) is 0 Å². The van der Waals surface area contributed by atoms with Gasteiger partial charge in [0.1, 0.15) is 21.8 Å². The second kappa shape index (κ2) is 6.88.